The lowest BCUT2D eigenvalue weighted by Crippen LogP contribution is -2.40. The Morgan fingerprint density at radius 2 is 1.68 bits per heavy atom. The maximum Gasteiger partial charge on any atom is 0.274 e. The number of nitrogens with zero attached hydrogens (tertiary/aromatic N) is 3. The fraction of sp³-hybridized carbons (Fsp3) is 0.273. The van der Waals surface area contributed by atoms with Crippen LogP contribution in [0.4, 0.5) is 0 Å². The Bertz CT molecular complexity index is 1010. The van der Waals surface area contributed by atoms with E-state index in [1.54, 1.807) is 36.3 Å². The molecule has 142 valence electrons. The summed E-state index contributed by atoms with van der Waals surface area (Å²) in [5.74, 6) is 0.655. The molecule has 0 N–H and O–H groups in total. The lowest BCUT2D eigenvalue weighted by Gasteiger charge is -2.31. The first-order chi connectivity index (χ1) is 13.7. The van der Waals surface area contributed by atoms with E-state index >= 15 is 0 Å². The van der Waals surface area contributed by atoms with E-state index in [1.807, 2.05) is 24.3 Å². The summed E-state index contributed by atoms with van der Waals surface area (Å²) >= 11 is 0. The number of hydrogen-bond donors (Lipinski definition) is 0. The SMILES string of the molecule is COc1ccc(C(=O)C2CCN(C(=O)c3cnc4ccccc4n3)CC2)cc1. The highest BCUT2D eigenvalue weighted by Gasteiger charge is 2.29. The first-order valence-electron chi connectivity index (χ1n) is 9.35. The average Bonchev–Trinajstić information content (AvgIpc) is 2.78. The van der Waals surface area contributed by atoms with Crippen molar-refractivity contribution in [3.63, 3.8) is 0 Å². The van der Waals surface area contributed by atoms with Gasteiger partial charge in [0.1, 0.15) is 11.4 Å². The summed E-state index contributed by atoms with van der Waals surface area (Å²) in [4.78, 5) is 36.0. The van der Waals surface area contributed by atoms with Gasteiger partial charge in [0.05, 0.1) is 24.3 Å². The third-order valence-corrected chi connectivity index (χ3v) is 5.20. The normalized spacial score (nSPS) is 14.8. The van der Waals surface area contributed by atoms with E-state index in [2.05, 4.69) is 9.97 Å². The molecule has 6 nitrogen and oxygen atoms in total. The second-order valence-electron chi connectivity index (χ2n) is 6.90. The summed E-state index contributed by atoms with van der Waals surface area (Å²) in [5.41, 5.74) is 2.50. The van der Waals surface area contributed by atoms with Gasteiger partial charge in [0, 0.05) is 24.6 Å². The van der Waals surface area contributed by atoms with Crippen LogP contribution in [-0.4, -0.2) is 46.8 Å². The van der Waals surface area contributed by atoms with E-state index in [9.17, 15) is 9.59 Å². The Labute approximate surface area is 163 Å². The average molecular weight is 375 g/mol. The minimum absolute atomic E-state index is 0.0693. The van der Waals surface area contributed by atoms with E-state index in [0.717, 1.165) is 11.3 Å². The van der Waals surface area contributed by atoms with Crippen LogP contribution < -0.4 is 4.74 Å². The summed E-state index contributed by atoms with van der Waals surface area (Å²) in [6.07, 6.45) is 2.83. The molecule has 4 rings (SSSR count). The Kier molecular flexibility index (Phi) is 5.02. The molecule has 28 heavy (non-hydrogen) atoms. The number of aromatic nitrogens is 2. The third-order valence-electron chi connectivity index (χ3n) is 5.20. The number of hydrogen-bond acceptors (Lipinski definition) is 5. The van der Waals surface area contributed by atoms with Gasteiger partial charge in [-0.15, -0.1) is 0 Å². The second-order valence-corrected chi connectivity index (χ2v) is 6.90. The molecule has 3 aromatic rings. The number of amides is 1. The van der Waals surface area contributed by atoms with Gasteiger partial charge in [-0.1, -0.05) is 12.1 Å². The fourth-order valence-corrected chi connectivity index (χ4v) is 3.56. The standard InChI is InChI=1S/C22H21N3O3/c1-28-17-8-6-15(7-9-17)21(26)16-10-12-25(13-11-16)22(27)20-14-23-18-4-2-3-5-19(18)24-20/h2-9,14,16H,10-13H2,1H3. The molecule has 0 bridgehead atoms. The van der Waals surface area contributed by atoms with Crippen LogP contribution in [0.25, 0.3) is 11.0 Å². The van der Waals surface area contributed by atoms with Gasteiger partial charge in [-0.05, 0) is 49.2 Å². The van der Waals surface area contributed by atoms with Gasteiger partial charge in [-0.2, -0.15) is 0 Å². The van der Waals surface area contributed by atoms with Gasteiger partial charge < -0.3 is 9.64 Å². The number of carbonyl (C=O) groups excluding carboxylic acids is 2. The fourth-order valence-electron chi connectivity index (χ4n) is 3.56. The zero-order valence-corrected chi connectivity index (χ0v) is 15.7. The van der Waals surface area contributed by atoms with E-state index < -0.39 is 0 Å². The van der Waals surface area contributed by atoms with Gasteiger partial charge in [-0.3, -0.25) is 14.6 Å². The van der Waals surface area contributed by atoms with Crippen LogP contribution in [-0.2, 0) is 0 Å². The van der Waals surface area contributed by atoms with Gasteiger partial charge in [-0.25, -0.2) is 4.98 Å². The van der Waals surface area contributed by atoms with Crippen LogP contribution in [0.1, 0.15) is 33.7 Å². The van der Waals surface area contributed by atoms with Crippen LogP contribution >= 0.6 is 0 Å². The first kappa shape index (κ1) is 18.1. The van der Waals surface area contributed by atoms with Crippen LogP contribution in [0, 0.1) is 5.92 Å². The smallest absolute Gasteiger partial charge is 0.274 e. The van der Waals surface area contributed by atoms with Crippen molar-refractivity contribution < 1.29 is 14.3 Å². The molecule has 1 saturated heterocycles. The monoisotopic (exact) mass is 375 g/mol. The van der Waals surface area contributed by atoms with Crippen molar-refractivity contribution in [1.82, 2.24) is 14.9 Å². The zero-order chi connectivity index (χ0) is 19.5. The van der Waals surface area contributed by atoms with E-state index in [1.165, 1.54) is 6.20 Å². The number of Topliss-reactive ketones (excluding diaryl/α,β-unsaturated/α-hetero) is 1. The molecule has 1 aliphatic rings. The highest BCUT2D eigenvalue weighted by molar-refractivity contribution is 5.98. The molecule has 1 amide bonds. The minimum Gasteiger partial charge on any atom is -0.497 e. The second kappa shape index (κ2) is 7.76. The number of fused-ring (bicyclic) bond motifs is 1. The van der Waals surface area contributed by atoms with E-state index in [-0.39, 0.29) is 17.6 Å². The summed E-state index contributed by atoms with van der Waals surface area (Å²) in [7, 11) is 1.60. The molecule has 0 radical (unpaired) electrons. The maximum atomic E-state index is 12.8. The van der Waals surface area contributed by atoms with Crippen molar-refractivity contribution in [3.8, 4) is 5.75 Å². The third kappa shape index (κ3) is 3.58. The number of carbonyl (C=O) groups is 2. The van der Waals surface area contributed by atoms with Crippen LogP contribution in [0.5, 0.6) is 5.75 Å². The van der Waals surface area contributed by atoms with Crippen LogP contribution in [0.2, 0.25) is 0 Å². The highest BCUT2D eigenvalue weighted by Crippen LogP contribution is 2.24. The molecule has 2 aromatic carbocycles. The van der Waals surface area contributed by atoms with Gasteiger partial charge in [0.25, 0.3) is 5.91 Å². The number of benzene rings is 2. The molecule has 0 spiro atoms. The lowest BCUT2D eigenvalue weighted by molar-refractivity contribution is 0.0645. The number of ketones is 1. The quantitative estimate of drug-likeness (QED) is 0.654. The van der Waals surface area contributed by atoms with Crippen molar-refractivity contribution >= 4 is 22.7 Å². The first-order valence-corrected chi connectivity index (χ1v) is 9.35. The van der Waals surface area contributed by atoms with Crippen LogP contribution in [0.15, 0.2) is 54.7 Å². The number of piperidine rings is 1. The molecule has 6 heteroatoms. The predicted molar refractivity (Wildman–Crippen MR) is 105 cm³/mol. The van der Waals surface area contributed by atoms with Crippen molar-refractivity contribution in [2.24, 2.45) is 5.92 Å². The van der Waals surface area contributed by atoms with Gasteiger partial charge >= 0.3 is 0 Å². The maximum absolute atomic E-state index is 12.8. The Morgan fingerprint density at radius 3 is 2.36 bits per heavy atom. The molecule has 1 aliphatic heterocycles. The summed E-state index contributed by atoms with van der Waals surface area (Å²) < 4.78 is 5.14. The summed E-state index contributed by atoms with van der Waals surface area (Å²) in [6, 6.07) is 14.7. The summed E-state index contributed by atoms with van der Waals surface area (Å²) in [5, 5.41) is 0. The van der Waals surface area contributed by atoms with Gasteiger partial charge in [0.15, 0.2) is 5.78 Å². The molecule has 1 fully saturated rings. The molecule has 1 aromatic heterocycles. The molecular weight excluding hydrogens is 354 g/mol. The highest BCUT2D eigenvalue weighted by atomic mass is 16.5. The molecular formula is C22H21N3O3. The topological polar surface area (TPSA) is 72.4 Å². The number of likely N-dealkylation sites (tertiary alicyclic amines) is 1. The minimum atomic E-state index is -0.131. The Hall–Kier alpha value is -3.28. The van der Waals surface area contributed by atoms with Crippen molar-refractivity contribution in [3.05, 3.63) is 66.0 Å². The van der Waals surface area contributed by atoms with Crippen LogP contribution in [0.3, 0.4) is 0 Å². The Morgan fingerprint density at radius 1 is 1.00 bits per heavy atom. The largest absolute Gasteiger partial charge is 0.497 e. The predicted octanol–water partition coefficient (Wildman–Crippen LogP) is 3.37. The van der Waals surface area contributed by atoms with E-state index in [0.29, 0.717) is 42.7 Å². The van der Waals surface area contributed by atoms with Gasteiger partial charge in [0.2, 0.25) is 0 Å². The van der Waals surface area contributed by atoms with Crippen molar-refractivity contribution in [2.75, 3.05) is 20.2 Å². The van der Waals surface area contributed by atoms with Crippen molar-refractivity contribution in [2.45, 2.75) is 12.8 Å². The number of methoxy groups -OCH3 is 1. The Balaban J connectivity index is 1.41. The van der Waals surface area contributed by atoms with Crippen molar-refractivity contribution in [1.29, 1.82) is 0 Å². The summed E-state index contributed by atoms with van der Waals surface area (Å²) in [6.45, 7) is 1.08. The molecule has 2 heterocycles. The molecule has 0 aliphatic carbocycles. The lowest BCUT2D eigenvalue weighted by atomic mass is 9.89. The molecule has 0 unspecified atom stereocenters. The zero-order valence-electron chi connectivity index (χ0n) is 15.7. The number of ether oxygens (including phenoxy) is 1. The number of para-hydroxylation sites is 2. The molecule has 0 atom stereocenters. The molecule has 0 saturated carbocycles. The number of rotatable bonds is 4. The van der Waals surface area contributed by atoms with E-state index in [4.69, 9.17) is 4.74 Å².